The topological polar surface area (TPSA) is 79.3 Å². The molecule has 5 nitrogen and oxygen atoms in total. The molecule has 1 aromatic heterocycles. The van der Waals surface area contributed by atoms with Gasteiger partial charge in [-0.3, -0.25) is 14.6 Å². The van der Waals surface area contributed by atoms with Crippen molar-refractivity contribution in [3.05, 3.63) is 59.4 Å². The highest BCUT2D eigenvalue weighted by Gasteiger charge is 2.46. The molecule has 5 heteroatoms. The van der Waals surface area contributed by atoms with E-state index in [2.05, 4.69) is 10.3 Å². The van der Waals surface area contributed by atoms with Gasteiger partial charge in [-0.1, -0.05) is 23.8 Å². The van der Waals surface area contributed by atoms with Gasteiger partial charge in [0.25, 0.3) is 5.91 Å². The molecular formula is C16H14N2O3. The van der Waals surface area contributed by atoms with E-state index in [1.165, 1.54) is 6.20 Å². The van der Waals surface area contributed by atoms with E-state index < -0.39 is 11.5 Å². The minimum absolute atomic E-state index is 0.236. The van der Waals surface area contributed by atoms with Crippen molar-refractivity contribution in [2.24, 2.45) is 0 Å². The van der Waals surface area contributed by atoms with Crippen molar-refractivity contribution in [2.75, 3.05) is 5.32 Å². The molecule has 0 saturated heterocycles. The lowest BCUT2D eigenvalue weighted by Crippen LogP contribution is -2.36. The Bertz CT molecular complexity index is 728. The number of rotatable bonds is 3. The van der Waals surface area contributed by atoms with Crippen LogP contribution in [-0.4, -0.2) is 21.8 Å². The Hall–Kier alpha value is -2.53. The molecule has 0 spiro atoms. The van der Waals surface area contributed by atoms with Crippen LogP contribution in [0.1, 0.15) is 28.0 Å². The fraction of sp³-hybridized carbons (Fsp3) is 0.188. The third-order valence-corrected chi connectivity index (χ3v) is 3.61. The Morgan fingerprint density at radius 2 is 2.14 bits per heavy atom. The predicted octanol–water partition coefficient (Wildman–Crippen LogP) is 1.80. The van der Waals surface area contributed by atoms with Crippen molar-refractivity contribution in [3.63, 3.8) is 0 Å². The fourth-order valence-electron chi connectivity index (χ4n) is 2.48. The fourth-order valence-corrected chi connectivity index (χ4v) is 2.48. The summed E-state index contributed by atoms with van der Waals surface area (Å²) >= 11 is 0. The van der Waals surface area contributed by atoms with Gasteiger partial charge in [-0.15, -0.1) is 0 Å². The number of hydrogen-bond acceptors (Lipinski definition) is 4. The number of aryl methyl sites for hydroxylation is 1. The summed E-state index contributed by atoms with van der Waals surface area (Å²) in [6, 6.07) is 10.2. The first-order valence-corrected chi connectivity index (χ1v) is 6.60. The lowest BCUT2D eigenvalue weighted by molar-refractivity contribution is -0.133. The van der Waals surface area contributed by atoms with E-state index in [1.807, 2.05) is 13.0 Å². The van der Waals surface area contributed by atoms with Gasteiger partial charge in [-0.05, 0) is 25.1 Å². The van der Waals surface area contributed by atoms with Crippen molar-refractivity contribution in [2.45, 2.75) is 18.9 Å². The number of aromatic nitrogens is 1. The number of anilines is 1. The molecule has 1 atom stereocenters. The maximum Gasteiger partial charge on any atom is 0.261 e. The predicted molar refractivity (Wildman–Crippen MR) is 76.9 cm³/mol. The number of nitrogens with zero attached hydrogens (tertiary/aromatic N) is 1. The summed E-state index contributed by atoms with van der Waals surface area (Å²) in [5.41, 5.74) is 0.295. The molecule has 21 heavy (non-hydrogen) atoms. The molecule has 0 unspecified atom stereocenters. The Kier molecular flexibility index (Phi) is 3.07. The van der Waals surface area contributed by atoms with Gasteiger partial charge in [-0.2, -0.15) is 0 Å². The molecule has 0 fully saturated rings. The maximum absolute atomic E-state index is 12.2. The molecule has 0 saturated carbocycles. The van der Waals surface area contributed by atoms with Crippen LogP contribution in [0.15, 0.2) is 42.6 Å². The largest absolute Gasteiger partial charge is 0.375 e. The number of hydrogen-bond donors (Lipinski definition) is 2. The number of benzene rings is 1. The van der Waals surface area contributed by atoms with E-state index >= 15 is 0 Å². The van der Waals surface area contributed by atoms with Gasteiger partial charge in [0, 0.05) is 17.4 Å². The highest BCUT2D eigenvalue weighted by molar-refractivity contribution is 6.09. The SMILES string of the molecule is Cc1ccc2c(c1)[C@@](O)(CC(=O)c1ccccn1)C(=O)N2. The number of fused-ring (bicyclic) bond motifs is 1. The smallest absolute Gasteiger partial charge is 0.261 e. The first kappa shape index (κ1) is 13.5. The summed E-state index contributed by atoms with van der Waals surface area (Å²) in [6.07, 6.45) is 1.18. The maximum atomic E-state index is 12.2. The number of ketones is 1. The number of carbonyl (C=O) groups excluding carboxylic acids is 2. The van der Waals surface area contributed by atoms with Crippen LogP contribution in [0.5, 0.6) is 0 Å². The zero-order chi connectivity index (χ0) is 15.0. The minimum Gasteiger partial charge on any atom is -0.375 e. The monoisotopic (exact) mass is 282 g/mol. The number of nitrogens with one attached hydrogen (secondary N) is 1. The third-order valence-electron chi connectivity index (χ3n) is 3.61. The summed E-state index contributed by atoms with van der Waals surface area (Å²) in [5.74, 6) is -0.949. The molecule has 2 aromatic rings. The lowest BCUT2D eigenvalue weighted by atomic mass is 9.88. The second-order valence-corrected chi connectivity index (χ2v) is 5.18. The summed E-state index contributed by atoms with van der Waals surface area (Å²) in [5, 5.41) is 13.3. The zero-order valence-corrected chi connectivity index (χ0v) is 11.5. The van der Waals surface area contributed by atoms with Gasteiger partial charge >= 0.3 is 0 Å². The van der Waals surface area contributed by atoms with Crippen molar-refractivity contribution in [1.29, 1.82) is 0 Å². The molecule has 0 radical (unpaired) electrons. The van der Waals surface area contributed by atoms with Crippen molar-refractivity contribution < 1.29 is 14.7 Å². The molecule has 0 bridgehead atoms. The van der Waals surface area contributed by atoms with Crippen LogP contribution in [0.2, 0.25) is 0 Å². The average Bonchev–Trinajstić information content (AvgIpc) is 2.72. The molecule has 2 N–H and O–H groups in total. The normalized spacial score (nSPS) is 20.0. The Morgan fingerprint density at radius 3 is 2.86 bits per heavy atom. The van der Waals surface area contributed by atoms with Gasteiger partial charge in [0.05, 0.1) is 6.42 Å². The summed E-state index contributed by atoms with van der Waals surface area (Å²) in [6.45, 7) is 1.87. The third kappa shape index (κ3) is 2.21. The first-order chi connectivity index (χ1) is 10.0. The second kappa shape index (κ2) is 4.79. The van der Waals surface area contributed by atoms with E-state index in [0.717, 1.165) is 5.56 Å². The van der Waals surface area contributed by atoms with Crippen LogP contribution in [-0.2, 0) is 10.4 Å². The van der Waals surface area contributed by atoms with Crippen LogP contribution in [0, 0.1) is 6.92 Å². The van der Waals surface area contributed by atoms with Crippen LogP contribution >= 0.6 is 0 Å². The molecule has 106 valence electrons. The number of Topliss-reactive ketones (excluding diaryl/α,β-unsaturated/α-hetero) is 1. The number of amides is 1. The second-order valence-electron chi connectivity index (χ2n) is 5.18. The Balaban J connectivity index is 1.97. The van der Waals surface area contributed by atoms with Crippen molar-refractivity contribution in [3.8, 4) is 0 Å². The standard InChI is InChI=1S/C16H14N2O3/c1-10-5-6-12-11(8-10)16(21,15(20)18-12)9-14(19)13-4-2-3-7-17-13/h2-8,21H,9H2,1H3,(H,18,20)/t16-/m0/s1. The van der Waals surface area contributed by atoms with Gasteiger partial charge in [0.1, 0.15) is 5.69 Å². The molecule has 1 aliphatic heterocycles. The highest BCUT2D eigenvalue weighted by Crippen LogP contribution is 2.39. The van der Waals surface area contributed by atoms with E-state index in [0.29, 0.717) is 11.3 Å². The van der Waals surface area contributed by atoms with E-state index in [1.54, 1.807) is 30.3 Å². The summed E-state index contributed by atoms with van der Waals surface area (Å²) in [7, 11) is 0. The van der Waals surface area contributed by atoms with Crippen LogP contribution < -0.4 is 5.32 Å². The summed E-state index contributed by atoms with van der Waals surface area (Å²) < 4.78 is 0. The highest BCUT2D eigenvalue weighted by atomic mass is 16.3. The van der Waals surface area contributed by atoms with Crippen LogP contribution in [0.25, 0.3) is 0 Å². The number of pyridine rings is 1. The van der Waals surface area contributed by atoms with Gasteiger partial charge in [-0.25, -0.2) is 0 Å². The van der Waals surface area contributed by atoms with Gasteiger partial charge in [0.15, 0.2) is 11.4 Å². The lowest BCUT2D eigenvalue weighted by Gasteiger charge is -2.20. The number of carbonyl (C=O) groups is 2. The molecule has 1 aliphatic rings. The quantitative estimate of drug-likeness (QED) is 0.841. The van der Waals surface area contributed by atoms with Crippen LogP contribution in [0.4, 0.5) is 5.69 Å². The van der Waals surface area contributed by atoms with E-state index in [9.17, 15) is 14.7 Å². The number of aliphatic hydroxyl groups is 1. The van der Waals surface area contributed by atoms with Gasteiger partial charge in [0.2, 0.25) is 0 Å². The molecule has 2 heterocycles. The molecule has 1 amide bonds. The molecule has 3 rings (SSSR count). The minimum atomic E-state index is -1.84. The molecule has 1 aromatic carbocycles. The zero-order valence-electron chi connectivity index (χ0n) is 11.5. The van der Waals surface area contributed by atoms with Gasteiger partial charge < -0.3 is 10.4 Å². The summed E-state index contributed by atoms with van der Waals surface area (Å²) in [4.78, 5) is 28.3. The average molecular weight is 282 g/mol. The Morgan fingerprint density at radius 1 is 1.33 bits per heavy atom. The van der Waals surface area contributed by atoms with Crippen LogP contribution in [0.3, 0.4) is 0 Å². The Labute approximate surface area is 121 Å². The van der Waals surface area contributed by atoms with E-state index in [4.69, 9.17) is 0 Å². The molecular weight excluding hydrogens is 268 g/mol. The molecule has 0 aliphatic carbocycles. The van der Waals surface area contributed by atoms with E-state index in [-0.39, 0.29) is 17.9 Å². The van der Waals surface area contributed by atoms with Crippen molar-refractivity contribution >= 4 is 17.4 Å². The van der Waals surface area contributed by atoms with Crippen molar-refractivity contribution in [1.82, 2.24) is 4.98 Å². The first-order valence-electron chi connectivity index (χ1n) is 6.60.